The summed E-state index contributed by atoms with van der Waals surface area (Å²) in [7, 11) is 1.71. The molecule has 0 aromatic carbocycles. The summed E-state index contributed by atoms with van der Waals surface area (Å²) in [6, 6.07) is -0.349. The van der Waals surface area contributed by atoms with Crippen LogP contribution in [0, 0.1) is 5.92 Å². The molecule has 0 saturated carbocycles. The van der Waals surface area contributed by atoms with Gasteiger partial charge in [-0.1, -0.05) is 0 Å². The Morgan fingerprint density at radius 2 is 2.14 bits per heavy atom. The van der Waals surface area contributed by atoms with Crippen LogP contribution < -0.4 is 0 Å². The molecule has 0 aromatic heterocycles. The van der Waals surface area contributed by atoms with E-state index in [4.69, 9.17) is 9.84 Å². The average Bonchev–Trinajstić information content (AvgIpc) is 2.18. The lowest BCUT2D eigenvalue weighted by Gasteiger charge is -2.33. The van der Waals surface area contributed by atoms with Gasteiger partial charge in [0.2, 0.25) is 0 Å². The van der Waals surface area contributed by atoms with Gasteiger partial charge in [0.05, 0.1) is 0 Å². The second-order valence-electron chi connectivity index (χ2n) is 3.95. The minimum absolute atomic E-state index is 0.349. The van der Waals surface area contributed by atoms with Gasteiger partial charge in [-0.15, -0.1) is 0 Å². The zero-order chi connectivity index (χ0) is 10.6. The van der Waals surface area contributed by atoms with Crippen molar-refractivity contribution in [2.24, 2.45) is 5.92 Å². The second-order valence-corrected chi connectivity index (χ2v) is 3.95. The maximum atomic E-state index is 10.7. The normalized spacial score (nSPS) is 22.1. The molecule has 0 bridgehead atoms. The Bertz CT molecular complexity index is 188. The van der Waals surface area contributed by atoms with Crippen LogP contribution in [0.25, 0.3) is 0 Å². The fraction of sp³-hybridized carbons (Fsp3) is 0.900. The maximum Gasteiger partial charge on any atom is 0.320 e. The van der Waals surface area contributed by atoms with Gasteiger partial charge in [0.15, 0.2) is 0 Å². The van der Waals surface area contributed by atoms with E-state index < -0.39 is 5.97 Å². The number of methoxy groups -OCH3 is 1. The Hall–Kier alpha value is -0.610. The van der Waals surface area contributed by atoms with Crippen LogP contribution in [0.15, 0.2) is 0 Å². The number of carboxylic acid groups (broad SMARTS) is 1. The average molecular weight is 201 g/mol. The Morgan fingerprint density at radius 1 is 1.57 bits per heavy atom. The highest BCUT2D eigenvalue weighted by atomic mass is 16.5. The van der Waals surface area contributed by atoms with E-state index in [1.54, 1.807) is 14.0 Å². The molecule has 0 spiro atoms. The van der Waals surface area contributed by atoms with Crippen LogP contribution in [0.5, 0.6) is 0 Å². The molecule has 1 N–H and O–H groups in total. The summed E-state index contributed by atoms with van der Waals surface area (Å²) in [6.07, 6.45) is 2.09. The summed E-state index contributed by atoms with van der Waals surface area (Å²) in [5, 5.41) is 8.84. The van der Waals surface area contributed by atoms with Crippen LogP contribution in [0.1, 0.15) is 19.8 Å². The number of rotatable bonds is 4. The largest absolute Gasteiger partial charge is 0.480 e. The summed E-state index contributed by atoms with van der Waals surface area (Å²) in [4.78, 5) is 12.8. The molecule has 1 unspecified atom stereocenters. The van der Waals surface area contributed by atoms with Gasteiger partial charge in [0.25, 0.3) is 0 Å². The van der Waals surface area contributed by atoms with Crippen molar-refractivity contribution in [3.05, 3.63) is 0 Å². The standard InChI is InChI=1S/C10H19NO3/c1-8(10(12)13)11-5-3-9(4-6-11)7-14-2/h8-9H,3-7H2,1-2H3,(H,12,13). The third-order valence-electron chi connectivity index (χ3n) is 2.96. The monoisotopic (exact) mass is 201 g/mol. The van der Waals surface area contributed by atoms with Crippen molar-refractivity contribution < 1.29 is 14.6 Å². The van der Waals surface area contributed by atoms with Crippen molar-refractivity contribution in [3.8, 4) is 0 Å². The topological polar surface area (TPSA) is 49.8 Å². The van der Waals surface area contributed by atoms with Crippen molar-refractivity contribution in [2.75, 3.05) is 26.8 Å². The van der Waals surface area contributed by atoms with E-state index in [-0.39, 0.29) is 6.04 Å². The number of hydrogen-bond acceptors (Lipinski definition) is 3. The van der Waals surface area contributed by atoms with Crippen LogP contribution in [-0.2, 0) is 9.53 Å². The summed E-state index contributed by atoms with van der Waals surface area (Å²) in [5.74, 6) is -0.118. The minimum Gasteiger partial charge on any atom is -0.480 e. The zero-order valence-corrected chi connectivity index (χ0v) is 8.90. The van der Waals surface area contributed by atoms with Crippen LogP contribution in [0.2, 0.25) is 0 Å². The Morgan fingerprint density at radius 3 is 2.57 bits per heavy atom. The van der Waals surface area contributed by atoms with Gasteiger partial charge in [-0.05, 0) is 38.8 Å². The van der Waals surface area contributed by atoms with E-state index in [1.165, 1.54) is 0 Å². The summed E-state index contributed by atoms with van der Waals surface area (Å²) < 4.78 is 5.09. The van der Waals surface area contributed by atoms with Crippen molar-refractivity contribution in [1.29, 1.82) is 0 Å². The van der Waals surface area contributed by atoms with E-state index in [2.05, 4.69) is 0 Å². The molecule has 1 fully saturated rings. The highest BCUT2D eigenvalue weighted by Crippen LogP contribution is 2.18. The van der Waals surface area contributed by atoms with Gasteiger partial charge in [0.1, 0.15) is 6.04 Å². The molecule has 1 aliphatic heterocycles. The van der Waals surface area contributed by atoms with E-state index in [0.29, 0.717) is 5.92 Å². The number of piperidine rings is 1. The molecule has 14 heavy (non-hydrogen) atoms. The van der Waals surface area contributed by atoms with Gasteiger partial charge in [-0.25, -0.2) is 0 Å². The second kappa shape index (κ2) is 5.32. The van der Waals surface area contributed by atoms with Crippen molar-refractivity contribution in [2.45, 2.75) is 25.8 Å². The van der Waals surface area contributed by atoms with E-state index in [0.717, 1.165) is 32.5 Å². The number of ether oxygens (including phenoxy) is 1. The zero-order valence-electron chi connectivity index (χ0n) is 8.90. The molecule has 82 valence electrons. The third-order valence-corrected chi connectivity index (χ3v) is 2.96. The van der Waals surface area contributed by atoms with Gasteiger partial charge >= 0.3 is 5.97 Å². The molecule has 1 aliphatic rings. The van der Waals surface area contributed by atoms with Crippen molar-refractivity contribution in [3.63, 3.8) is 0 Å². The van der Waals surface area contributed by atoms with Gasteiger partial charge in [0, 0.05) is 13.7 Å². The van der Waals surface area contributed by atoms with Crippen LogP contribution >= 0.6 is 0 Å². The van der Waals surface area contributed by atoms with Gasteiger partial charge in [-0.3, -0.25) is 9.69 Å². The first-order valence-corrected chi connectivity index (χ1v) is 5.11. The first kappa shape index (κ1) is 11.5. The summed E-state index contributed by atoms with van der Waals surface area (Å²) in [6.45, 7) is 4.30. The molecule has 1 atom stereocenters. The van der Waals surface area contributed by atoms with Gasteiger partial charge in [-0.2, -0.15) is 0 Å². The smallest absolute Gasteiger partial charge is 0.320 e. The Labute approximate surface area is 84.8 Å². The molecule has 0 amide bonds. The fourth-order valence-electron chi connectivity index (χ4n) is 1.90. The predicted octanol–water partition coefficient (Wildman–Crippen LogP) is 0.818. The van der Waals surface area contributed by atoms with E-state index >= 15 is 0 Å². The number of nitrogens with zero attached hydrogens (tertiary/aromatic N) is 1. The first-order chi connectivity index (χ1) is 6.65. The quantitative estimate of drug-likeness (QED) is 0.731. The lowest BCUT2D eigenvalue weighted by atomic mass is 9.97. The number of likely N-dealkylation sites (tertiary alicyclic amines) is 1. The lowest BCUT2D eigenvalue weighted by Crippen LogP contribution is -2.44. The molecular weight excluding hydrogens is 182 g/mol. The molecule has 1 heterocycles. The SMILES string of the molecule is COCC1CCN(C(C)C(=O)O)CC1. The molecule has 4 nitrogen and oxygen atoms in total. The summed E-state index contributed by atoms with van der Waals surface area (Å²) in [5.41, 5.74) is 0. The molecule has 0 aliphatic carbocycles. The number of aliphatic carboxylic acids is 1. The van der Waals surface area contributed by atoms with Crippen LogP contribution in [0.4, 0.5) is 0 Å². The molecule has 0 aromatic rings. The third kappa shape index (κ3) is 2.96. The number of carboxylic acids is 1. The molecule has 0 radical (unpaired) electrons. The fourth-order valence-corrected chi connectivity index (χ4v) is 1.90. The van der Waals surface area contributed by atoms with Gasteiger partial charge < -0.3 is 9.84 Å². The highest BCUT2D eigenvalue weighted by Gasteiger charge is 2.25. The Balaban J connectivity index is 2.31. The lowest BCUT2D eigenvalue weighted by molar-refractivity contribution is -0.143. The molecular formula is C10H19NO3. The predicted molar refractivity (Wildman–Crippen MR) is 53.3 cm³/mol. The van der Waals surface area contributed by atoms with Crippen molar-refractivity contribution in [1.82, 2.24) is 4.90 Å². The molecule has 1 saturated heterocycles. The number of hydrogen-bond donors (Lipinski definition) is 1. The van der Waals surface area contributed by atoms with E-state index in [9.17, 15) is 4.79 Å². The first-order valence-electron chi connectivity index (χ1n) is 5.11. The van der Waals surface area contributed by atoms with Crippen LogP contribution in [0.3, 0.4) is 0 Å². The van der Waals surface area contributed by atoms with E-state index in [1.807, 2.05) is 4.90 Å². The highest BCUT2D eigenvalue weighted by molar-refractivity contribution is 5.72. The number of carbonyl (C=O) groups is 1. The minimum atomic E-state index is -0.727. The summed E-state index contributed by atoms with van der Waals surface area (Å²) >= 11 is 0. The maximum absolute atomic E-state index is 10.7. The molecule has 1 rings (SSSR count). The Kier molecular flexibility index (Phi) is 4.35. The van der Waals surface area contributed by atoms with Crippen LogP contribution in [-0.4, -0.2) is 48.8 Å². The molecule has 4 heteroatoms. The van der Waals surface area contributed by atoms with Crippen molar-refractivity contribution >= 4 is 5.97 Å².